The van der Waals surface area contributed by atoms with Crippen molar-refractivity contribution in [3.63, 3.8) is 0 Å². The lowest BCUT2D eigenvalue weighted by molar-refractivity contribution is -0.265. The summed E-state index contributed by atoms with van der Waals surface area (Å²) in [4.78, 5) is 45.2. The van der Waals surface area contributed by atoms with Crippen molar-refractivity contribution in [2.24, 2.45) is 11.5 Å². The zero-order chi connectivity index (χ0) is 32.0. The molecule has 2 atom stereocenters. The van der Waals surface area contributed by atoms with Crippen molar-refractivity contribution in [3.8, 4) is 17.0 Å². The zero-order valence-electron chi connectivity index (χ0n) is 22.8. The SMILES string of the molecule is C[C@]1(C(N)=O)COc2c1cc([C@@](O)(CNC(=O)c1cc(NC(N)=O)c3ncccc3c1)C(F)(F)F)nc2-c1ccc(F)cc1. The van der Waals surface area contributed by atoms with Gasteiger partial charge in [-0.05, 0) is 55.5 Å². The number of carbonyl (C=O) groups excluding carboxylic acids is 3. The average molecular weight is 613 g/mol. The first kappa shape index (κ1) is 30.2. The van der Waals surface area contributed by atoms with E-state index in [1.54, 1.807) is 12.1 Å². The summed E-state index contributed by atoms with van der Waals surface area (Å²) in [5.74, 6) is -2.64. The summed E-state index contributed by atoms with van der Waals surface area (Å²) >= 11 is 0. The molecule has 4 amide bonds. The van der Waals surface area contributed by atoms with Crippen LogP contribution in [0.4, 0.5) is 28.0 Å². The van der Waals surface area contributed by atoms with Gasteiger partial charge in [-0.25, -0.2) is 14.2 Å². The number of hydrogen-bond acceptors (Lipinski definition) is 7. The number of nitrogens with zero attached hydrogens (tertiary/aromatic N) is 2. The lowest BCUT2D eigenvalue weighted by Gasteiger charge is -2.31. The van der Waals surface area contributed by atoms with Gasteiger partial charge >= 0.3 is 12.2 Å². The topological polar surface area (TPSA) is 183 Å². The van der Waals surface area contributed by atoms with E-state index in [-0.39, 0.29) is 45.9 Å². The van der Waals surface area contributed by atoms with Crippen LogP contribution < -0.4 is 26.8 Å². The Morgan fingerprint density at radius 3 is 2.43 bits per heavy atom. The molecule has 1 aliphatic heterocycles. The number of urea groups is 1. The highest BCUT2D eigenvalue weighted by Gasteiger charge is 2.57. The lowest BCUT2D eigenvalue weighted by Crippen LogP contribution is -2.51. The molecule has 0 bridgehead atoms. The van der Waals surface area contributed by atoms with Crippen LogP contribution in [0.15, 0.2) is 60.8 Å². The van der Waals surface area contributed by atoms with E-state index in [2.05, 4.69) is 20.6 Å². The van der Waals surface area contributed by atoms with E-state index in [0.717, 1.165) is 24.3 Å². The first-order valence-corrected chi connectivity index (χ1v) is 12.9. The Morgan fingerprint density at radius 1 is 1.09 bits per heavy atom. The number of pyridine rings is 2. The van der Waals surface area contributed by atoms with Gasteiger partial charge in [0.1, 0.15) is 29.3 Å². The third-order valence-corrected chi connectivity index (χ3v) is 7.36. The van der Waals surface area contributed by atoms with E-state index < -0.39 is 53.1 Å². The first-order valence-electron chi connectivity index (χ1n) is 12.9. The first-order chi connectivity index (χ1) is 20.6. The van der Waals surface area contributed by atoms with Crippen LogP contribution in [0.5, 0.6) is 5.75 Å². The fraction of sp³-hybridized carbons (Fsp3) is 0.207. The Bertz CT molecular complexity index is 1820. The molecule has 0 unspecified atom stereocenters. The fourth-order valence-electron chi connectivity index (χ4n) is 4.80. The normalized spacial score (nSPS) is 17.3. The van der Waals surface area contributed by atoms with Crippen molar-refractivity contribution in [3.05, 3.63) is 83.4 Å². The number of amides is 4. The third kappa shape index (κ3) is 5.21. The number of alkyl halides is 3. The third-order valence-electron chi connectivity index (χ3n) is 7.36. The molecule has 7 N–H and O–H groups in total. The van der Waals surface area contributed by atoms with E-state index in [9.17, 15) is 37.1 Å². The summed E-state index contributed by atoms with van der Waals surface area (Å²) < 4.78 is 63.3. The number of nitrogens with two attached hydrogens (primary N) is 2. The van der Waals surface area contributed by atoms with E-state index in [0.29, 0.717) is 5.39 Å². The molecule has 15 heteroatoms. The summed E-state index contributed by atoms with van der Waals surface area (Å²) in [5, 5.41) is 16.0. The van der Waals surface area contributed by atoms with E-state index in [1.807, 2.05) is 0 Å². The van der Waals surface area contributed by atoms with Gasteiger partial charge in [0.05, 0.1) is 23.4 Å². The number of hydrogen-bond donors (Lipinski definition) is 5. The largest absolute Gasteiger partial charge is 0.489 e. The van der Waals surface area contributed by atoms with Crippen molar-refractivity contribution in [2.45, 2.75) is 24.1 Å². The average Bonchev–Trinajstić information content (AvgIpc) is 3.32. The summed E-state index contributed by atoms with van der Waals surface area (Å²) in [7, 11) is 0. The lowest BCUT2D eigenvalue weighted by atomic mass is 9.81. The van der Waals surface area contributed by atoms with Crippen LogP contribution in [-0.2, 0) is 15.8 Å². The van der Waals surface area contributed by atoms with Crippen LogP contribution >= 0.6 is 0 Å². The van der Waals surface area contributed by atoms with Gasteiger partial charge in [-0.2, -0.15) is 13.2 Å². The van der Waals surface area contributed by atoms with Gasteiger partial charge in [-0.1, -0.05) is 6.07 Å². The molecule has 0 spiro atoms. The number of nitrogens with one attached hydrogen (secondary N) is 2. The molecule has 0 radical (unpaired) electrons. The Hall–Kier alpha value is -5.31. The molecule has 3 heterocycles. The van der Waals surface area contributed by atoms with Gasteiger partial charge in [0.15, 0.2) is 0 Å². The summed E-state index contributed by atoms with van der Waals surface area (Å²) in [6, 6.07) is 10.1. The highest BCUT2D eigenvalue weighted by atomic mass is 19.4. The summed E-state index contributed by atoms with van der Waals surface area (Å²) in [5.41, 5.74) is 4.39. The number of rotatable bonds is 7. The quantitative estimate of drug-likeness (QED) is 0.199. The van der Waals surface area contributed by atoms with E-state index >= 15 is 0 Å². The summed E-state index contributed by atoms with van der Waals surface area (Å²) in [6.07, 6.45) is -3.98. The van der Waals surface area contributed by atoms with E-state index in [1.165, 1.54) is 31.3 Å². The summed E-state index contributed by atoms with van der Waals surface area (Å²) in [6.45, 7) is -0.376. The molecule has 0 saturated carbocycles. The second kappa shape index (κ2) is 10.8. The second-order valence-electron chi connectivity index (χ2n) is 10.4. The van der Waals surface area contributed by atoms with Crippen LogP contribution in [0.25, 0.3) is 22.2 Å². The maximum absolute atomic E-state index is 14.7. The van der Waals surface area contributed by atoms with Gasteiger partial charge in [-0.15, -0.1) is 0 Å². The number of carbonyl (C=O) groups is 3. The van der Waals surface area contributed by atoms with Crippen molar-refractivity contribution in [1.82, 2.24) is 15.3 Å². The van der Waals surface area contributed by atoms with Crippen LogP contribution in [0.2, 0.25) is 0 Å². The molecule has 11 nitrogen and oxygen atoms in total. The maximum atomic E-state index is 14.7. The van der Waals surface area contributed by atoms with Crippen molar-refractivity contribution in [2.75, 3.05) is 18.5 Å². The highest BCUT2D eigenvalue weighted by Crippen LogP contribution is 2.47. The molecule has 228 valence electrons. The number of halogens is 4. The zero-order valence-corrected chi connectivity index (χ0v) is 22.8. The predicted molar refractivity (Wildman–Crippen MR) is 149 cm³/mol. The van der Waals surface area contributed by atoms with Crippen LogP contribution in [0.1, 0.15) is 28.5 Å². The number of aliphatic hydroxyl groups is 1. The molecule has 2 aromatic carbocycles. The molecule has 0 aliphatic carbocycles. The highest BCUT2D eigenvalue weighted by molar-refractivity contribution is 6.05. The number of benzene rings is 2. The maximum Gasteiger partial charge on any atom is 0.424 e. The second-order valence-corrected chi connectivity index (χ2v) is 10.4. The van der Waals surface area contributed by atoms with Gasteiger partial charge in [-0.3, -0.25) is 14.6 Å². The Balaban J connectivity index is 1.58. The fourth-order valence-corrected chi connectivity index (χ4v) is 4.80. The number of aromatic nitrogens is 2. The Morgan fingerprint density at radius 2 is 1.80 bits per heavy atom. The van der Waals surface area contributed by atoms with Gasteiger partial charge in [0.2, 0.25) is 11.5 Å². The van der Waals surface area contributed by atoms with Crippen molar-refractivity contribution >= 4 is 34.4 Å². The minimum Gasteiger partial charge on any atom is -0.489 e. The van der Waals surface area contributed by atoms with Crippen LogP contribution in [0, 0.1) is 5.82 Å². The number of anilines is 1. The Kier molecular flexibility index (Phi) is 7.37. The number of ether oxygens (including phenoxy) is 1. The molecule has 5 rings (SSSR count). The standard InChI is InChI=1S/C29H24F4N6O5/c1-27(25(34)41)13-44-23-18(27)11-20(39-22(23)14-4-6-17(30)7-5-14)28(43,29(31,32)33)12-37-24(40)16-9-15-3-2-8-36-21(15)19(10-16)38-26(35)42/h2-11,43H,12-13H2,1H3,(H2,34,41)(H,37,40)(H3,35,38,42)/t27-,28-/m0/s1. The van der Waals surface area contributed by atoms with Gasteiger partial charge in [0.25, 0.3) is 5.91 Å². The predicted octanol–water partition coefficient (Wildman–Crippen LogP) is 3.24. The number of primary amides is 2. The van der Waals surface area contributed by atoms with Gasteiger partial charge in [0, 0.05) is 28.3 Å². The molecule has 2 aromatic heterocycles. The number of fused-ring (bicyclic) bond motifs is 2. The molecular formula is C29H24F4N6O5. The smallest absolute Gasteiger partial charge is 0.424 e. The molecule has 1 aliphatic rings. The Labute approximate surface area is 246 Å². The molecule has 0 saturated heterocycles. The van der Waals surface area contributed by atoms with Crippen LogP contribution in [-0.4, -0.2) is 52.2 Å². The van der Waals surface area contributed by atoms with Crippen LogP contribution in [0.3, 0.4) is 0 Å². The minimum atomic E-state index is -5.41. The van der Waals surface area contributed by atoms with Crippen molar-refractivity contribution < 1.29 is 41.8 Å². The molecule has 44 heavy (non-hydrogen) atoms. The van der Waals surface area contributed by atoms with Gasteiger partial charge < -0.3 is 31.9 Å². The molecule has 4 aromatic rings. The molecule has 0 fully saturated rings. The van der Waals surface area contributed by atoms with Crippen molar-refractivity contribution in [1.29, 1.82) is 0 Å². The van der Waals surface area contributed by atoms with E-state index in [4.69, 9.17) is 16.2 Å². The molecular weight excluding hydrogens is 588 g/mol. The monoisotopic (exact) mass is 612 g/mol. The minimum absolute atomic E-state index is 0.0294.